The number of sulfonamides is 1. The largest absolute Gasteiger partial charge is 0.416 e. The Bertz CT molecular complexity index is 625. The molecule has 0 bridgehead atoms. The third kappa shape index (κ3) is 3.29. The summed E-state index contributed by atoms with van der Waals surface area (Å²) >= 11 is 5.88. The first-order valence-electron chi connectivity index (χ1n) is 6.48. The zero-order valence-corrected chi connectivity index (χ0v) is 12.9. The summed E-state index contributed by atoms with van der Waals surface area (Å²) in [7, 11) is -2.45. The van der Waals surface area contributed by atoms with Gasteiger partial charge in [-0.3, -0.25) is 4.31 Å². The van der Waals surface area contributed by atoms with E-state index in [0.717, 1.165) is 35.3 Å². The fraction of sp³-hybridized carbons (Fsp3) is 0.538. The van der Waals surface area contributed by atoms with Crippen molar-refractivity contribution in [1.29, 1.82) is 0 Å². The minimum Gasteiger partial charge on any atom is -0.272 e. The van der Waals surface area contributed by atoms with Crippen molar-refractivity contribution in [2.75, 3.05) is 11.4 Å². The second-order valence-corrected chi connectivity index (χ2v) is 7.73. The number of hydrogen-bond acceptors (Lipinski definition) is 2. The molecule has 0 radical (unpaired) electrons. The molecule has 21 heavy (non-hydrogen) atoms. The zero-order chi connectivity index (χ0) is 15.8. The smallest absolute Gasteiger partial charge is 0.272 e. The summed E-state index contributed by atoms with van der Waals surface area (Å²) in [5.41, 5.74) is -1.06. The lowest BCUT2D eigenvalue weighted by Gasteiger charge is -2.25. The molecule has 1 aliphatic rings. The van der Waals surface area contributed by atoms with Crippen LogP contribution in [0.2, 0.25) is 5.02 Å². The Morgan fingerprint density at radius 1 is 1.24 bits per heavy atom. The van der Waals surface area contributed by atoms with Crippen molar-refractivity contribution in [3.05, 3.63) is 28.8 Å². The molecule has 0 heterocycles. The van der Waals surface area contributed by atoms with Crippen LogP contribution in [0, 0.1) is 0 Å². The highest BCUT2D eigenvalue weighted by atomic mass is 35.5. The molecular weight excluding hydrogens is 327 g/mol. The molecule has 0 unspecified atom stereocenters. The summed E-state index contributed by atoms with van der Waals surface area (Å²) in [5, 5.41) is -0.569. The molecule has 0 saturated heterocycles. The van der Waals surface area contributed by atoms with E-state index in [1.807, 2.05) is 0 Å². The van der Waals surface area contributed by atoms with Crippen molar-refractivity contribution < 1.29 is 21.6 Å². The highest BCUT2D eigenvalue weighted by molar-refractivity contribution is 7.93. The molecule has 1 aromatic carbocycles. The quantitative estimate of drug-likeness (QED) is 0.831. The summed E-state index contributed by atoms with van der Waals surface area (Å²) in [6.07, 6.45) is -1.86. The van der Waals surface area contributed by atoms with Crippen molar-refractivity contribution in [2.45, 2.75) is 37.1 Å². The van der Waals surface area contributed by atoms with Gasteiger partial charge in [-0.2, -0.15) is 13.2 Å². The van der Waals surface area contributed by atoms with Gasteiger partial charge in [0.05, 0.1) is 21.5 Å². The molecular formula is C13H15ClF3NO2S. The molecule has 0 aromatic heterocycles. The fourth-order valence-corrected chi connectivity index (χ4v) is 4.57. The number of nitrogens with zero attached hydrogens (tertiary/aromatic N) is 1. The van der Waals surface area contributed by atoms with E-state index in [1.54, 1.807) is 0 Å². The van der Waals surface area contributed by atoms with E-state index in [1.165, 1.54) is 7.05 Å². The fourth-order valence-electron chi connectivity index (χ4n) is 2.48. The number of anilines is 1. The van der Waals surface area contributed by atoms with Gasteiger partial charge in [-0.1, -0.05) is 24.4 Å². The molecule has 0 atom stereocenters. The predicted octanol–water partition coefficient (Wildman–Crippen LogP) is 4.07. The summed E-state index contributed by atoms with van der Waals surface area (Å²) in [6.45, 7) is 0. The predicted molar refractivity (Wildman–Crippen MR) is 76.0 cm³/mol. The normalized spacial score (nSPS) is 17.2. The highest BCUT2D eigenvalue weighted by Gasteiger charge is 2.35. The van der Waals surface area contributed by atoms with Crippen LogP contribution in [0.5, 0.6) is 0 Å². The molecule has 2 rings (SSSR count). The molecule has 8 heteroatoms. The molecule has 1 fully saturated rings. The van der Waals surface area contributed by atoms with Crippen LogP contribution in [0.4, 0.5) is 18.9 Å². The molecule has 1 aromatic rings. The monoisotopic (exact) mass is 341 g/mol. The average molecular weight is 342 g/mol. The molecule has 1 saturated carbocycles. The van der Waals surface area contributed by atoms with Crippen molar-refractivity contribution in [2.24, 2.45) is 0 Å². The third-order valence-corrected chi connectivity index (χ3v) is 6.31. The van der Waals surface area contributed by atoms with Crippen LogP contribution < -0.4 is 4.31 Å². The van der Waals surface area contributed by atoms with Gasteiger partial charge in [0.2, 0.25) is 10.0 Å². The van der Waals surface area contributed by atoms with E-state index < -0.39 is 27.0 Å². The van der Waals surface area contributed by atoms with Crippen molar-refractivity contribution >= 4 is 27.3 Å². The molecule has 0 amide bonds. The maximum Gasteiger partial charge on any atom is 0.416 e. The van der Waals surface area contributed by atoms with Gasteiger partial charge in [0.25, 0.3) is 0 Å². The van der Waals surface area contributed by atoms with E-state index in [2.05, 4.69) is 0 Å². The first kappa shape index (κ1) is 16.4. The van der Waals surface area contributed by atoms with Gasteiger partial charge < -0.3 is 0 Å². The lowest BCUT2D eigenvalue weighted by molar-refractivity contribution is -0.137. The van der Waals surface area contributed by atoms with E-state index >= 15 is 0 Å². The van der Waals surface area contributed by atoms with Crippen LogP contribution in [0.3, 0.4) is 0 Å². The first-order chi connectivity index (χ1) is 9.64. The van der Waals surface area contributed by atoms with Gasteiger partial charge in [0.15, 0.2) is 0 Å². The van der Waals surface area contributed by atoms with Gasteiger partial charge >= 0.3 is 6.18 Å². The zero-order valence-electron chi connectivity index (χ0n) is 11.3. The topological polar surface area (TPSA) is 37.4 Å². The Kier molecular flexibility index (Phi) is 4.44. The Balaban J connectivity index is 2.41. The second kappa shape index (κ2) is 5.68. The second-order valence-electron chi connectivity index (χ2n) is 5.08. The van der Waals surface area contributed by atoms with E-state index in [4.69, 9.17) is 11.6 Å². The number of rotatable bonds is 3. The summed E-state index contributed by atoms with van der Waals surface area (Å²) < 4.78 is 64.0. The van der Waals surface area contributed by atoms with E-state index in [0.29, 0.717) is 12.8 Å². The van der Waals surface area contributed by atoms with Gasteiger partial charge in [-0.05, 0) is 31.0 Å². The Morgan fingerprint density at radius 2 is 1.81 bits per heavy atom. The standard InChI is InChI=1S/C13H15ClF3NO2S/c1-18(21(19,20)10-4-2-3-5-10)12-8-9(13(15,16)17)6-7-11(12)14/h6-8,10H,2-5H2,1H3. The highest BCUT2D eigenvalue weighted by Crippen LogP contribution is 2.37. The van der Waals surface area contributed by atoms with Crippen molar-refractivity contribution in [3.63, 3.8) is 0 Å². The van der Waals surface area contributed by atoms with Crippen LogP contribution in [0.1, 0.15) is 31.2 Å². The van der Waals surface area contributed by atoms with Gasteiger partial charge in [-0.15, -0.1) is 0 Å². The van der Waals surface area contributed by atoms with Gasteiger partial charge in [0, 0.05) is 7.05 Å². The van der Waals surface area contributed by atoms with Crippen LogP contribution in [0.25, 0.3) is 0 Å². The minimum absolute atomic E-state index is 0.0212. The van der Waals surface area contributed by atoms with Gasteiger partial charge in [0.1, 0.15) is 0 Å². The lowest BCUT2D eigenvalue weighted by atomic mass is 10.2. The summed E-state index contributed by atoms with van der Waals surface area (Å²) in [5.74, 6) is 0. The van der Waals surface area contributed by atoms with Crippen LogP contribution in [-0.4, -0.2) is 20.7 Å². The maximum absolute atomic E-state index is 12.7. The van der Waals surface area contributed by atoms with Crippen molar-refractivity contribution in [1.82, 2.24) is 0 Å². The van der Waals surface area contributed by atoms with Crippen LogP contribution in [0.15, 0.2) is 18.2 Å². The first-order valence-corrected chi connectivity index (χ1v) is 8.36. The summed E-state index contributed by atoms with van der Waals surface area (Å²) in [4.78, 5) is 0. The lowest BCUT2D eigenvalue weighted by Crippen LogP contribution is -2.35. The van der Waals surface area contributed by atoms with Crippen LogP contribution in [-0.2, 0) is 16.2 Å². The third-order valence-electron chi connectivity index (χ3n) is 3.72. The number of hydrogen-bond donors (Lipinski definition) is 0. The number of alkyl halides is 3. The SMILES string of the molecule is CN(c1cc(C(F)(F)F)ccc1Cl)S(=O)(=O)C1CCCC1. The molecule has 1 aliphatic carbocycles. The Hall–Kier alpha value is -0.950. The molecule has 3 nitrogen and oxygen atoms in total. The van der Waals surface area contributed by atoms with E-state index in [9.17, 15) is 21.6 Å². The Labute approximate surface area is 126 Å². The maximum atomic E-state index is 12.7. The molecule has 0 spiro atoms. The number of halogens is 4. The van der Waals surface area contributed by atoms with Crippen LogP contribution >= 0.6 is 11.6 Å². The number of benzene rings is 1. The van der Waals surface area contributed by atoms with E-state index in [-0.39, 0.29) is 10.7 Å². The average Bonchev–Trinajstić information content (AvgIpc) is 2.91. The summed E-state index contributed by atoms with van der Waals surface area (Å²) in [6, 6.07) is 2.68. The molecule has 118 valence electrons. The molecule has 0 N–H and O–H groups in total. The van der Waals surface area contributed by atoms with Crippen molar-refractivity contribution in [3.8, 4) is 0 Å². The Morgan fingerprint density at radius 3 is 2.33 bits per heavy atom. The molecule has 0 aliphatic heterocycles. The van der Waals surface area contributed by atoms with Gasteiger partial charge in [-0.25, -0.2) is 8.42 Å². The minimum atomic E-state index is -4.54.